The number of halogens is 8. The molecule has 0 bridgehead atoms. The molecule has 0 spiro atoms. The Morgan fingerprint density at radius 3 is 1.33 bits per heavy atom. The van der Waals surface area contributed by atoms with Crippen molar-refractivity contribution in [3.05, 3.63) is 0 Å². The maximum Gasteiger partial charge on any atom is 0.424 e. The van der Waals surface area contributed by atoms with Crippen molar-refractivity contribution in [2.24, 2.45) is 0 Å². The van der Waals surface area contributed by atoms with E-state index in [1.165, 1.54) is 0 Å². The highest BCUT2D eigenvalue weighted by atomic mass is 35.5. The smallest absolute Gasteiger partial charge is 0.248 e. The summed E-state index contributed by atoms with van der Waals surface area (Å²) < 4.78 is 41.2. The highest BCUT2D eigenvalue weighted by molar-refractivity contribution is 6.63. The van der Waals surface area contributed by atoms with E-state index in [1.54, 1.807) is 0 Å². The lowest BCUT2D eigenvalue weighted by molar-refractivity contribution is -0.145. The number of alkyl halides is 8. The fraction of sp³-hybridized carbons (Fsp3) is 1.00. The van der Waals surface area contributed by atoms with Crippen molar-refractivity contribution >= 4 is 46.4 Å². The Hall–Kier alpha value is 0.880. The second-order valence-electron chi connectivity index (χ2n) is 1.91. The molecule has 8 heteroatoms. The molecule has 0 heterocycles. The Balaban J connectivity index is 4.85. The second kappa shape index (κ2) is 3.56. The van der Waals surface area contributed by atoms with E-state index in [1.807, 2.05) is 0 Å². The molecule has 0 fully saturated rings. The third kappa shape index (κ3) is 2.22. The number of hydrogen-bond donors (Lipinski definition) is 0. The average Bonchev–Trinajstić information content (AvgIpc) is 1.85. The fourth-order valence-electron chi connectivity index (χ4n) is 0.291. The fourth-order valence-corrected chi connectivity index (χ4v) is 0.607. The predicted molar refractivity (Wildman–Crippen MR) is 40.9 cm³/mol. The van der Waals surface area contributed by atoms with Crippen LogP contribution in [0.25, 0.3) is 0 Å². The lowest BCUT2D eigenvalue weighted by Gasteiger charge is -2.31. The van der Waals surface area contributed by atoms with Crippen LogP contribution >= 0.6 is 46.4 Å². The van der Waals surface area contributed by atoms with Gasteiger partial charge in [-0.1, -0.05) is 46.4 Å². The van der Waals surface area contributed by atoms with Gasteiger partial charge in [-0.05, 0) is 0 Å². The quantitative estimate of drug-likeness (QED) is 0.526. The van der Waals surface area contributed by atoms with E-state index >= 15 is 0 Å². The molecule has 0 aliphatic heterocycles. The summed E-state index contributed by atoms with van der Waals surface area (Å²) in [7, 11) is 0. The lowest BCUT2D eigenvalue weighted by atomic mass is 10.3. The molecule has 74 valence electrons. The minimum absolute atomic E-state index is 1.71. The van der Waals surface area contributed by atoms with Gasteiger partial charge in [0.15, 0.2) is 4.33 Å². The molecule has 0 saturated heterocycles. The molecule has 0 aromatic heterocycles. The molecule has 12 heavy (non-hydrogen) atoms. The maximum atomic E-state index is 11.9. The van der Waals surface area contributed by atoms with Crippen LogP contribution in [-0.2, 0) is 0 Å². The summed E-state index contributed by atoms with van der Waals surface area (Å²) in [6, 6.07) is 0. The van der Waals surface area contributed by atoms with Crippen molar-refractivity contribution in [2.45, 2.75) is 14.8 Å². The van der Waals surface area contributed by atoms with Crippen LogP contribution in [0.3, 0.4) is 0 Å². The molecule has 0 aromatic rings. The Kier molecular flexibility index (Phi) is 3.82. The monoisotopic (exact) mass is 266 g/mol. The Labute approximate surface area is 85.7 Å². The van der Waals surface area contributed by atoms with Crippen LogP contribution in [0.1, 0.15) is 0 Å². The van der Waals surface area contributed by atoms with E-state index in [4.69, 9.17) is 46.4 Å². The van der Waals surface area contributed by atoms with Crippen molar-refractivity contribution < 1.29 is 17.6 Å². The topological polar surface area (TPSA) is 0 Å². The normalized spacial score (nSPS) is 15.0. The van der Waals surface area contributed by atoms with E-state index in [0.29, 0.717) is 0 Å². The summed E-state index contributed by atoms with van der Waals surface area (Å²) in [6.45, 7) is -1.71. The minimum Gasteiger partial charge on any atom is -0.248 e. The van der Waals surface area contributed by atoms with Gasteiger partial charge in [0.2, 0.25) is 4.33 Å². The van der Waals surface area contributed by atoms with E-state index in [2.05, 4.69) is 0 Å². The Morgan fingerprint density at radius 2 is 1.25 bits per heavy atom. The van der Waals surface area contributed by atoms with Crippen LogP contribution in [0.4, 0.5) is 17.6 Å². The van der Waals surface area contributed by atoms with Gasteiger partial charge in [-0.15, -0.1) is 0 Å². The minimum atomic E-state index is -5.09. The summed E-state index contributed by atoms with van der Waals surface area (Å²) in [6.07, 6.45) is -5.09. The third-order valence-corrected chi connectivity index (χ3v) is 3.21. The lowest BCUT2D eigenvalue weighted by Crippen LogP contribution is -2.49. The summed E-state index contributed by atoms with van der Waals surface area (Å²) in [5, 5.41) is 0. The first-order valence-corrected chi connectivity index (χ1v) is 3.96. The van der Waals surface area contributed by atoms with Crippen molar-refractivity contribution in [2.75, 3.05) is 6.67 Å². The predicted octanol–water partition coefficient (Wildman–Crippen LogP) is 3.87. The summed E-state index contributed by atoms with van der Waals surface area (Å²) in [5.74, 6) is 0. The van der Waals surface area contributed by atoms with Crippen molar-refractivity contribution in [1.82, 2.24) is 0 Å². The maximum absolute atomic E-state index is 11.9. The molecule has 0 nitrogen and oxygen atoms in total. The van der Waals surface area contributed by atoms with Crippen molar-refractivity contribution in [3.63, 3.8) is 0 Å². The zero-order chi connectivity index (χ0) is 10.2. The van der Waals surface area contributed by atoms with Crippen LogP contribution in [-0.4, -0.2) is 21.5 Å². The van der Waals surface area contributed by atoms with E-state index in [0.717, 1.165) is 0 Å². The van der Waals surface area contributed by atoms with Gasteiger partial charge in [0, 0.05) is 0 Å². The first-order valence-electron chi connectivity index (χ1n) is 2.44. The Bertz CT molecular complexity index is 163. The van der Waals surface area contributed by atoms with Crippen molar-refractivity contribution in [3.8, 4) is 0 Å². The average molecular weight is 268 g/mol. The van der Waals surface area contributed by atoms with Gasteiger partial charge in [0.1, 0.15) is 6.67 Å². The molecule has 0 unspecified atom stereocenters. The molecule has 0 radical (unpaired) electrons. The summed E-state index contributed by atoms with van der Waals surface area (Å²) >= 11 is 19.3. The van der Waals surface area contributed by atoms with Gasteiger partial charge in [-0.25, -0.2) is 4.39 Å². The summed E-state index contributed by atoms with van der Waals surface area (Å²) in [5.41, 5.74) is 0. The van der Waals surface area contributed by atoms with Gasteiger partial charge in [0.05, 0.1) is 0 Å². The number of hydrogen-bond acceptors (Lipinski definition) is 0. The second-order valence-corrected chi connectivity index (χ2v) is 4.72. The van der Waals surface area contributed by atoms with Crippen molar-refractivity contribution in [1.29, 1.82) is 0 Å². The van der Waals surface area contributed by atoms with Crippen LogP contribution in [0.15, 0.2) is 0 Å². The van der Waals surface area contributed by atoms with E-state index < -0.39 is 21.5 Å². The molecule has 0 rings (SSSR count). The first kappa shape index (κ1) is 12.9. The van der Waals surface area contributed by atoms with Gasteiger partial charge in [-0.2, -0.15) is 13.2 Å². The molecule has 0 aliphatic rings. The van der Waals surface area contributed by atoms with Crippen LogP contribution < -0.4 is 0 Å². The van der Waals surface area contributed by atoms with Crippen LogP contribution in [0.2, 0.25) is 0 Å². The largest absolute Gasteiger partial charge is 0.424 e. The molecular formula is C4H2Cl4F4. The molecule has 0 saturated carbocycles. The standard InChI is InChI=1S/C4H2Cl4F4/c5-2(6,1-9)3(7,8)4(10,11)12/h1H2. The molecule has 0 atom stereocenters. The summed E-state index contributed by atoms with van der Waals surface area (Å²) in [4.78, 5) is 0. The Morgan fingerprint density at radius 1 is 0.917 bits per heavy atom. The molecule has 0 aliphatic carbocycles. The zero-order valence-corrected chi connectivity index (χ0v) is 8.25. The van der Waals surface area contributed by atoms with Gasteiger partial charge in [-0.3, -0.25) is 0 Å². The van der Waals surface area contributed by atoms with Gasteiger partial charge in [0.25, 0.3) is 0 Å². The molecule has 0 N–H and O–H groups in total. The highest BCUT2D eigenvalue weighted by Gasteiger charge is 2.65. The van der Waals surface area contributed by atoms with E-state index in [9.17, 15) is 17.6 Å². The highest BCUT2D eigenvalue weighted by Crippen LogP contribution is 2.52. The van der Waals surface area contributed by atoms with Gasteiger partial charge >= 0.3 is 6.18 Å². The van der Waals surface area contributed by atoms with Gasteiger partial charge < -0.3 is 0 Å². The van der Waals surface area contributed by atoms with Crippen LogP contribution in [0, 0.1) is 0 Å². The molecule has 0 amide bonds. The zero-order valence-electron chi connectivity index (χ0n) is 5.23. The molecular weight excluding hydrogens is 266 g/mol. The van der Waals surface area contributed by atoms with E-state index in [-0.39, 0.29) is 0 Å². The molecule has 0 aromatic carbocycles. The third-order valence-electron chi connectivity index (χ3n) is 0.983. The van der Waals surface area contributed by atoms with Crippen LogP contribution in [0.5, 0.6) is 0 Å². The SMILES string of the molecule is FCC(Cl)(Cl)C(Cl)(Cl)C(F)(F)F. The first-order chi connectivity index (χ1) is 5.06. The number of rotatable bonds is 2.